The Morgan fingerprint density at radius 3 is 1.38 bits per heavy atom. The maximum atomic E-state index is 12.9. The van der Waals surface area contributed by atoms with Crippen LogP contribution in [0.1, 0.15) is 57.5 Å². The number of carboxylic acid groups (broad SMARTS) is 2. The summed E-state index contributed by atoms with van der Waals surface area (Å²) in [5, 5.41) is 20.9. The maximum Gasteiger partial charge on any atom is 1.00 e. The number of carboxylic acids is 2. The normalized spacial score (nSPS) is 11.4. The zero-order valence-corrected chi connectivity index (χ0v) is 24.2. The molecule has 0 saturated heterocycles. The summed E-state index contributed by atoms with van der Waals surface area (Å²) in [6.07, 6.45) is 0.266. The van der Waals surface area contributed by atoms with Crippen LogP contribution in [0.4, 0.5) is 0 Å². The summed E-state index contributed by atoms with van der Waals surface area (Å²) in [6, 6.07) is 9.05. The zero-order chi connectivity index (χ0) is 21.7. The third-order valence-corrected chi connectivity index (χ3v) is 4.55. The minimum atomic E-state index is -1.16. The van der Waals surface area contributed by atoms with Crippen LogP contribution in [0.2, 0.25) is 0 Å². The molecule has 10 heteroatoms. The fraction of sp³-hybridized carbons (Fsp3) is 0.273. The molecule has 1 aliphatic carbocycles. The first-order valence-electron chi connectivity index (χ1n) is 9.39. The number of hydrogen-bond acceptors (Lipinski definition) is 8. The Kier molecular flexibility index (Phi) is 13.1. The standard InChI is InChI=1S/C22H20O8.2K/c23-19(24)3-1-9-29-13-5-7-15-17(11-13)21(27)16-8-6-14(12-18(16)22(15)28)30-10-2-4-20(25)26;;/h5-8,11-12H,1-4,9-10H2,(H,23,24)(H,25,26);;/q;2*+1/p-2. The Morgan fingerprint density at radius 2 is 1.03 bits per heavy atom. The van der Waals surface area contributed by atoms with E-state index in [1.165, 1.54) is 24.3 Å². The van der Waals surface area contributed by atoms with Gasteiger partial charge in [0.1, 0.15) is 11.5 Å². The molecule has 3 rings (SSSR count). The van der Waals surface area contributed by atoms with Crippen molar-refractivity contribution in [2.45, 2.75) is 25.7 Å². The van der Waals surface area contributed by atoms with E-state index in [4.69, 9.17) is 9.47 Å². The predicted octanol–water partition coefficient (Wildman–Crippen LogP) is -5.71. The van der Waals surface area contributed by atoms with Crippen LogP contribution in [0.5, 0.6) is 11.5 Å². The van der Waals surface area contributed by atoms with E-state index in [2.05, 4.69) is 0 Å². The van der Waals surface area contributed by atoms with Crippen LogP contribution >= 0.6 is 0 Å². The largest absolute Gasteiger partial charge is 1.00 e. The van der Waals surface area contributed by atoms with Gasteiger partial charge in [0.15, 0.2) is 11.6 Å². The van der Waals surface area contributed by atoms with Crippen molar-refractivity contribution >= 4 is 23.5 Å². The Balaban J connectivity index is 0.00000256. The molecule has 0 aliphatic heterocycles. The molecule has 0 unspecified atom stereocenters. The van der Waals surface area contributed by atoms with Crippen molar-refractivity contribution in [1.29, 1.82) is 0 Å². The number of carbonyl (C=O) groups excluding carboxylic acids is 4. The summed E-state index contributed by atoms with van der Waals surface area (Å²) in [6.45, 7) is 0.286. The van der Waals surface area contributed by atoms with E-state index in [1.54, 1.807) is 12.1 Å². The van der Waals surface area contributed by atoms with Crippen LogP contribution < -0.4 is 122 Å². The van der Waals surface area contributed by atoms with Gasteiger partial charge in [-0.05, 0) is 62.1 Å². The smallest absolute Gasteiger partial charge is 0.550 e. The summed E-state index contributed by atoms with van der Waals surface area (Å²) in [5.74, 6) is -2.26. The molecule has 0 heterocycles. The summed E-state index contributed by atoms with van der Waals surface area (Å²) in [4.78, 5) is 46.6. The van der Waals surface area contributed by atoms with Crippen molar-refractivity contribution in [3.63, 3.8) is 0 Å². The van der Waals surface area contributed by atoms with Gasteiger partial charge in [-0.15, -0.1) is 0 Å². The van der Waals surface area contributed by atoms with Gasteiger partial charge < -0.3 is 29.3 Å². The van der Waals surface area contributed by atoms with Crippen molar-refractivity contribution in [2.24, 2.45) is 0 Å². The molecular formula is C22H18K2O8. The molecule has 0 N–H and O–H groups in total. The monoisotopic (exact) mass is 488 g/mol. The molecule has 2 aromatic rings. The molecule has 156 valence electrons. The van der Waals surface area contributed by atoms with Crippen LogP contribution in [-0.4, -0.2) is 36.7 Å². The Morgan fingerprint density at radius 1 is 0.656 bits per heavy atom. The minimum absolute atomic E-state index is 0. The van der Waals surface area contributed by atoms with Gasteiger partial charge in [0.25, 0.3) is 0 Å². The number of carbonyl (C=O) groups is 4. The van der Waals surface area contributed by atoms with Crippen molar-refractivity contribution in [1.82, 2.24) is 0 Å². The molecule has 32 heavy (non-hydrogen) atoms. The molecule has 0 radical (unpaired) electrons. The van der Waals surface area contributed by atoms with Crippen LogP contribution in [0, 0.1) is 0 Å². The van der Waals surface area contributed by atoms with E-state index in [1.807, 2.05) is 0 Å². The first kappa shape index (κ1) is 29.6. The number of aliphatic carboxylic acids is 2. The van der Waals surface area contributed by atoms with E-state index in [9.17, 15) is 29.4 Å². The van der Waals surface area contributed by atoms with Gasteiger partial charge in [0, 0.05) is 34.2 Å². The average molecular weight is 489 g/mol. The molecule has 0 fully saturated rings. The SMILES string of the molecule is O=C([O-])CCCOc1ccc2c(c1)C(=O)c1ccc(OCCCC(=O)[O-])cc1C2=O.[K+].[K+]. The van der Waals surface area contributed by atoms with E-state index < -0.39 is 11.9 Å². The molecule has 0 atom stereocenters. The molecule has 0 amide bonds. The molecule has 0 aromatic heterocycles. The van der Waals surface area contributed by atoms with E-state index in [0.717, 1.165) is 0 Å². The summed E-state index contributed by atoms with van der Waals surface area (Å²) >= 11 is 0. The molecule has 0 spiro atoms. The van der Waals surface area contributed by atoms with E-state index >= 15 is 0 Å². The van der Waals surface area contributed by atoms with Gasteiger partial charge in [-0.1, -0.05) is 0 Å². The number of hydrogen-bond donors (Lipinski definition) is 0. The van der Waals surface area contributed by atoms with E-state index in [-0.39, 0.29) is 175 Å². The van der Waals surface area contributed by atoms with Crippen LogP contribution in [-0.2, 0) is 9.59 Å². The molecular weight excluding hydrogens is 470 g/mol. The van der Waals surface area contributed by atoms with Gasteiger partial charge in [0.2, 0.25) is 0 Å². The third-order valence-electron chi connectivity index (χ3n) is 4.55. The second-order valence-corrected chi connectivity index (χ2v) is 6.72. The van der Waals surface area contributed by atoms with Gasteiger partial charge >= 0.3 is 103 Å². The van der Waals surface area contributed by atoms with Crippen molar-refractivity contribution in [3.8, 4) is 11.5 Å². The van der Waals surface area contributed by atoms with Gasteiger partial charge in [-0.2, -0.15) is 0 Å². The van der Waals surface area contributed by atoms with Crippen molar-refractivity contribution < 1.29 is 142 Å². The number of rotatable bonds is 10. The molecule has 1 aliphatic rings. The Labute approximate surface area is 269 Å². The first-order valence-corrected chi connectivity index (χ1v) is 9.39. The quantitative estimate of drug-likeness (QED) is 0.204. The molecule has 0 bridgehead atoms. The summed E-state index contributed by atoms with van der Waals surface area (Å²) in [5.41, 5.74) is 0.910. The van der Waals surface area contributed by atoms with Gasteiger partial charge in [0.05, 0.1) is 13.2 Å². The molecule has 8 nitrogen and oxygen atoms in total. The second kappa shape index (κ2) is 14.1. The fourth-order valence-corrected chi connectivity index (χ4v) is 3.10. The number of ketones is 2. The summed E-state index contributed by atoms with van der Waals surface area (Å²) in [7, 11) is 0. The molecule has 0 saturated carbocycles. The Hall–Kier alpha value is -0.407. The minimum Gasteiger partial charge on any atom is -0.550 e. The predicted molar refractivity (Wildman–Crippen MR) is 99.2 cm³/mol. The van der Waals surface area contributed by atoms with Crippen molar-refractivity contribution in [2.75, 3.05) is 13.2 Å². The van der Waals surface area contributed by atoms with Crippen LogP contribution in [0.3, 0.4) is 0 Å². The fourth-order valence-electron chi connectivity index (χ4n) is 3.10. The average Bonchev–Trinajstić information content (AvgIpc) is 2.72. The number of ether oxygens (including phenoxy) is 2. The Bertz CT molecular complexity index is 937. The van der Waals surface area contributed by atoms with Gasteiger partial charge in [-0.3, -0.25) is 9.59 Å². The number of benzene rings is 2. The van der Waals surface area contributed by atoms with Gasteiger partial charge in [-0.25, -0.2) is 0 Å². The zero-order valence-electron chi connectivity index (χ0n) is 18.0. The number of fused-ring (bicyclic) bond motifs is 2. The third kappa shape index (κ3) is 7.83. The topological polar surface area (TPSA) is 133 Å². The van der Waals surface area contributed by atoms with E-state index in [0.29, 0.717) is 11.5 Å². The molecule has 2 aromatic carbocycles. The van der Waals surface area contributed by atoms with Crippen LogP contribution in [0.25, 0.3) is 0 Å². The first-order chi connectivity index (χ1) is 14.4. The van der Waals surface area contributed by atoms with Crippen molar-refractivity contribution in [3.05, 3.63) is 58.7 Å². The summed E-state index contributed by atoms with van der Waals surface area (Å²) < 4.78 is 10.9. The maximum absolute atomic E-state index is 12.9. The second-order valence-electron chi connectivity index (χ2n) is 6.72. The van der Waals surface area contributed by atoms with Crippen LogP contribution in [0.15, 0.2) is 36.4 Å².